The third kappa shape index (κ3) is 4.46. The van der Waals surface area contributed by atoms with Crippen molar-refractivity contribution >= 4 is 17.4 Å². The van der Waals surface area contributed by atoms with Crippen molar-refractivity contribution in [3.05, 3.63) is 94.6 Å². The SMILES string of the molecule is CCc1ccc(C2/C(=C(\O)c3cc(C)ccc3C)C(=O)C(=O)N2CCCn2ccnc2)cc1. The summed E-state index contributed by atoms with van der Waals surface area (Å²) in [5.41, 5.74) is 4.55. The molecule has 2 aromatic carbocycles. The topological polar surface area (TPSA) is 75.4 Å². The van der Waals surface area contributed by atoms with E-state index in [-0.39, 0.29) is 11.3 Å². The van der Waals surface area contributed by atoms with Crippen LogP contribution in [0.1, 0.15) is 47.2 Å². The van der Waals surface area contributed by atoms with Crippen LogP contribution in [0.25, 0.3) is 5.76 Å². The van der Waals surface area contributed by atoms with E-state index in [4.69, 9.17) is 0 Å². The van der Waals surface area contributed by atoms with Gasteiger partial charge in [-0.05, 0) is 49.4 Å². The van der Waals surface area contributed by atoms with Crippen LogP contribution in [0.4, 0.5) is 0 Å². The minimum atomic E-state index is -0.638. The lowest BCUT2D eigenvalue weighted by Gasteiger charge is -2.25. The van der Waals surface area contributed by atoms with Gasteiger partial charge in [-0.3, -0.25) is 9.59 Å². The molecule has 1 N–H and O–H groups in total. The molecule has 1 saturated heterocycles. The standard InChI is InChI=1S/C27H29N3O3/c1-4-20-8-10-21(11-9-20)24-23(25(31)22-16-18(2)6-7-19(22)3)26(32)27(33)30(24)14-5-13-29-15-12-28-17-29/h6-12,15-17,24,31H,4-5,13-14H2,1-3H3/b25-23+. The molecule has 1 aliphatic rings. The summed E-state index contributed by atoms with van der Waals surface area (Å²) in [6.07, 6.45) is 6.88. The molecule has 3 aromatic rings. The molecule has 6 heteroatoms. The van der Waals surface area contributed by atoms with Crippen LogP contribution in [0.5, 0.6) is 0 Å². The van der Waals surface area contributed by atoms with Crippen LogP contribution in [0.15, 0.2) is 66.8 Å². The van der Waals surface area contributed by atoms with Crippen LogP contribution in [-0.4, -0.2) is 37.8 Å². The number of carbonyl (C=O) groups is 2. The van der Waals surface area contributed by atoms with Gasteiger partial charge in [-0.15, -0.1) is 0 Å². The van der Waals surface area contributed by atoms with Gasteiger partial charge < -0.3 is 14.6 Å². The number of benzene rings is 2. The van der Waals surface area contributed by atoms with Gasteiger partial charge in [-0.25, -0.2) is 4.98 Å². The Morgan fingerprint density at radius 1 is 1.06 bits per heavy atom. The van der Waals surface area contributed by atoms with Crippen molar-refractivity contribution in [3.63, 3.8) is 0 Å². The van der Waals surface area contributed by atoms with Crippen molar-refractivity contribution in [3.8, 4) is 0 Å². The Morgan fingerprint density at radius 2 is 1.82 bits per heavy atom. The summed E-state index contributed by atoms with van der Waals surface area (Å²) in [6.45, 7) is 6.98. The van der Waals surface area contributed by atoms with Gasteiger partial charge in [0, 0.05) is 31.0 Å². The van der Waals surface area contributed by atoms with E-state index in [9.17, 15) is 14.7 Å². The highest BCUT2D eigenvalue weighted by molar-refractivity contribution is 6.46. The second-order valence-electron chi connectivity index (χ2n) is 8.56. The molecule has 1 aliphatic heterocycles. The van der Waals surface area contributed by atoms with Crippen LogP contribution in [-0.2, 0) is 22.6 Å². The Labute approximate surface area is 194 Å². The van der Waals surface area contributed by atoms with E-state index >= 15 is 0 Å². The van der Waals surface area contributed by atoms with Crippen LogP contribution in [0.3, 0.4) is 0 Å². The summed E-state index contributed by atoms with van der Waals surface area (Å²) in [7, 11) is 0. The van der Waals surface area contributed by atoms with Crippen molar-refractivity contribution in [2.24, 2.45) is 0 Å². The number of hydrogen-bond donors (Lipinski definition) is 1. The normalized spacial score (nSPS) is 17.7. The zero-order valence-corrected chi connectivity index (χ0v) is 19.3. The molecule has 0 aliphatic carbocycles. The molecule has 33 heavy (non-hydrogen) atoms. The van der Waals surface area contributed by atoms with Crippen molar-refractivity contribution in [1.29, 1.82) is 0 Å². The van der Waals surface area contributed by atoms with Gasteiger partial charge in [0.05, 0.1) is 17.9 Å². The van der Waals surface area contributed by atoms with Crippen LogP contribution in [0.2, 0.25) is 0 Å². The number of Topliss-reactive ketones (excluding diaryl/α,β-unsaturated/α-hetero) is 1. The Kier molecular flexibility index (Phi) is 6.45. The average Bonchev–Trinajstić information content (AvgIpc) is 3.42. The maximum absolute atomic E-state index is 13.2. The van der Waals surface area contributed by atoms with Crippen molar-refractivity contribution in [1.82, 2.24) is 14.5 Å². The molecule has 1 aromatic heterocycles. The molecule has 0 bridgehead atoms. The Morgan fingerprint density at radius 3 is 2.48 bits per heavy atom. The second-order valence-corrected chi connectivity index (χ2v) is 8.56. The largest absolute Gasteiger partial charge is 0.507 e. The number of aliphatic hydroxyl groups is 1. The van der Waals surface area contributed by atoms with Gasteiger partial charge in [0.2, 0.25) is 0 Å². The van der Waals surface area contributed by atoms with Gasteiger partial charge >= 0.3 is 0 Å². The molecule has 1 fully saturated rings. The van der Waals surface area contributed by atoms with Crippen LogP contribution in [0, 0.1) is 13.8 Å². The lowest BCUT2D eigenvalue weighted by atomic mass is 9.92. The highest BCUT2D eigenvalue weighted by atomic mass is 16.3. The number of aliphatic hydroxyl groups excluding tert-OH is 1. The maximum Gasteiger partial charge on any atom is 0.295 e. The fourth-order valence-electron chi connectivity index (χ4n) is 4.37. The van der Waals surface area contributed by atoms with Gasteiger partial charge in [0.25, 0.3) is 11.7 Å². The quantitative estimate of drug-likeness (QED) is 0.330. The molecular formula is C27H29N3O3. The van der Waals surface area contributed by atoms with Crippen LogP contribution < -0.4 is 0 Å². The lowest BCUT2D eigenvalue weighted by Crippen LogP contribution is -2.31. The molecule has 4 rings (SSSR count). The molecule has 1 amide bonds. The van der Waals surface area contributed by atoms with E-state index in [1.165, 1.54) is 5.56 Å². The fourth-order valence-corrected chi connectivity index (χ4v) is 4.37. The van der Waals surface area contributed by atoms with Gasteiger partial charge in [0.1, 0.15) is 5.76 Å². The van der Waals surface area contributed by atoms with Crippen molar-refractivity contribution in [2.45, 2.75) is 46.2 Å². The summed E-state index contributed by atoms with van der Waals surface area (Å²) in [6, 6.07) is 13.0. The first-order chi connectivity index (χ1) is 15.9. The first-order valence-electron chi connectivity index (χ1n) is 11.3. The third-order valence-corrected chi connectivity index (χ3v) is 6.27. The first-order valence-corrected chi connectivity index (χ1v) is 11.3. The monoisotopic (exact) mass is 443 g/mol. The predicted molar refractivity (Wildman–Crippen MR) is 128 cm³/mol. The summed E-state index contributed by atoms with van der Waals surface area (Å²) >= 11 is 0. The molecule has 0 radical (unpaired) electrons. The summed E-state index contributed by atoms with van der Waals surface area (Å²) in [5, 5.41) is 11.3. The van der Waals surface area contributed by atoms with E-state index in [1.54, 1.807) is 17.4 Å². The smallest absolute Gasteiger partial charge is 0.295 e. The average molecular weight is 444 g/mol. The van der Waals surface area contributed by atoms with Gasteiger partial charge in [0.15, 0.2) is 0 Å². The van der Waals surface area contributed by atoms with Crippen LogP contribution >= 0.6 is 0 Å². The number of rotatable bonds is 7. The molecule has 170 valence electrons. The lowest BCUT2D eigenvalue weighted by molar-refractivity contribution is -0.139. The predicted octanol–water partition coefficient (Wildman–Crippen LogP) is 4.57. The van der Waals surface area contributed by atoms with Gasteiger partial charge in [-0.2, -0.15) is 0 Å². The Hall–Kier alpha value is -3.67. The summed E-state index contributed by atoms with van der Waals surface area (Å²) in [4.78, 5) is 32.0. The number of hydrogen-bond acceptors (Lipinski definition) is 4. The number of aromatic nitrogens is 2. The number of likely N-dealkylation sites (tertiary alicyclic amines) is 1. The Bertz CT molecular complexity index is 1190. The van der Waals surface area contributed by atoms with Crippen molar-refractivity contribution < 1.29 is 14.7 Å². The van der Waals surface area contributed by atoms with E-state index in [1.807, 2.05) is 67.1 Å². The highest BCUT2D eigenvalue weighted by Crippen LogP contribution is 2.40. The summed E-state index contributed by atoms with van der Waals surface area (Å²) < 4.78 is 1.94. The van der Waals surface area contributed by atoms with E-state index in [0.29, 0.717) is 25.1 Å². The zero-order chi connectivity index (χ0) is 23.5. The molecule has 2 heterocycles. The number of carbonyl (C=O) groups excluding carboxylic acids is 2. The second kappa shape index (κ2) is 9.45. The molecule has 1 atom stereocenters. The molecular weight excluding hydrogens is 414 g/mol. The number of ketones is 1. The van der Waals surface area contributed by atoms with Gasteiger partial charge in [-0.1, -0.05) is 48.9 Å². The number of aryl methyl sites for hydroxylation is 4. The Balaban J connectivity index is 1.76. The molecule has 0 saturated carbocycles. The maximum atomic E-state index is 13.2. The minimum Gasteiger partial charge on any atom is -0.507 e. The van der Waals surface area contributed by atoms with E-state index in [0.717, 1.165) is 23.1 Å². The molecule has 0 spiro atoms. The molecule has 1 unspecified atom stereocenters. The highest BCUT2D eigenvalue weighted by Gasteiger charge is 2.45. The third-order valence-electron chi connectivity index (χ3n) is 6.27. The number of imidazole rings is 1. The molecule has 6 nitrogen and oxygen atoms in total. The van der Waals surface area contributed by atoms with Crippen molar-refractivity contribution in [2.75, 3.05) is 6.54 Å². The summed E-state index contributed by atoms with van der Waals surface area (Å²) in [5.74, 6) is -1.33. The number of nitrogens with zero attached hydrogens (tertiary/aromatic N) is 3. The van der Waals surface area contributed by atoms with E-state index in [2.05, 4.69) is 11.9 Å². The fraction of sp³-hybridized carbons (Fsp3) is 0.296. The first kappa shape index (κ1) is 22.5. The minimum absolute atomic E-state index is 0.115. The van der Waals surface area contributed by atoms with E-state index < -0.39 is 17.7 Å². The zero-order valence-electron chi connectivity index (χ0n) is 19.3. The number of amides is 1.